The van der Waals surface area contributed by atoms with Gasteiger partial charge in [0.15, 0.2) is 0 Å². The van der Waals surface area contributed by atoms with E-state index in [0.717, 1.165) is 32.5 Å². The van der Waals surface area contributed by atoms with Gasteiger partial charge in [0.1, 0.15) is 0 Å². The van der Waals surface area contributed by atoms with Gasteiger partial charge in [-0.15, -0.1) is 0 Å². The van der Waals surface area contributed by atoms with E-state index in [1.54, 1.807) is 0 Å². The van der Waals surface area contributed by atoms with Gasteiger partial charge in [-0.2, -0.15) is 0 Å². The molecule has 1 N–H and O–H groups in total. The first-order valence-corrected chi connectivity index (χ1v) is 3.87. The van der Waals surface area contributed by atoms with Crippen LogP contribution in [0.3, 0.4) is 0 Å². The molecule has 1 heterocycles. The van der Waals surface area contributed by atoms with Crippen LogP contribution in [0.5, 0.6) is 0 Å². The zero-order valence-electron chi connectivity index (χ0n) is 6.39. The Morgan fingerprint density at radius 3 is 3.10 bits per heavy atom. The molecular weight excluding hydrogens is 128 g/mol. The number of rotatable bonds is 1. The lowest BCUT2D eigenvalue weighted by molar-refractivity contribution is 0.205. The van der Waals surface area contributed by atoms with Crippen molar-refractivity contribution in [1.29, 1.82) is 0 Å². The molecule has 0 unspecified atom stereocenters. The number of hydrogen-bond acceptors (Lipinski definition) is 1. The molecule has 1 fully saturated rings. The summed E-state index contributed by atoms with van der Waals surface area (Å²) in [4.78, 5) is 12.9. The second kappa shape index (κ2) is 3.44. The number of urea groups is 1. The number of nitrogens with one attached hydrogen (secondary N) is 1. The number of carbonyl (C=O) groups excluding carboxylic acids is 1. The number of hydrogen-bond donors (Lipinski definition) is 1. The predicted molar refractivity (Wildman–Crippen MR) is 39.9 cm³/mol. The van der Waals surface area contributed by atoms with Crippen molar-refractivity contribution >= 4 is 6.03 Å². The summed E-state index contributed by atoms with van der Waals surface area (Å²) in [5.74, 6) is 0. The van der Waals surface area contributed by atoms with Crippen molar-refractivity contribution in [2.75, 3.05) is 19.6 Å². The molecule has 1 aliphatic heterocycles. The Labute approximate surface area is 61.4 Å². The first-order valence-electron chi connectivity index (χ1n) is 3.87. The fourth-order valence-electron chi connectivity index (χ4n) is 1.14. The minimum Gasteiger partial charge on any atom is -0.338 e. The van der Waals surface area contributed by atoms with Gasteiger partial charge in [-0.05, 0) is 19.8 Å². The van der Waals surface area contributed by atoms with Gasteiger partial charge >= 0.3 is 6.03 Å². The van der Waals surface area contributed by atoms with E-state index in [-0.39, 0.29) is 6.03 Å². The highest BCUT2D eigenvalue weighted by atomic mass is 16.2. The minimum absolute atomic E-state index is 0.0972. The van der Waals surface area contributed by atoms with Gasteiger partial charge in [-0.25, -0.2) is 4.79 Å². The molecule has 0 bridgehead atoms. The third-order valence-corrected chi connectivity index (χ3v) is 1.80. The Bertz CT molecular complexity index is 125. The van der Waals surface area contributed by atoms with E-state index in [1.165, 1.54) is 0 Å². The molecule has 2 amide bonds. The second-order valence-corrected chi connectivity index (χ2v) is 2.52. The molecule has 0 aliphatic carbocycles. The highest BCUT2D eigenvalue weighted by molar-refractivity contribution is 5.74. The Morgan fingerprint density at radius 1 is 1.60 bits per heavy atom. The van der Waals surface area contributed by atoms with Crippen molar-refractivity contribution in [3.8, 4) is 0 Å². The third-order valence-electron chi connectivity index (χ3n) is 1.80. The zero-order chi connectivity index (χ0) is 7.40. The molecule has 1 aliphatic rings. The smallest absolute Gasteiger partial charge is 0.317 e. The lowest BCUT2D eigenvalue weighted by Crippen LogP contribution is -2.37. The maximum Gasteiger partial charge on any atom is 0.317 e. The molecule has 0 radical (unpaired) electrons. The first-order chi connectivity index (χ1) is 4.84. The van der Waals surface area contributed by atoms with Crippen LogP contribution >= 0.6 is 0 Å². The van der Waals surface area contributed by atoms with E-state index < -0.39 is 0 Å². The molecule has 0 spiro atoms. The highest BCUT2D eigenvalue weighted by Crippen LogP contribution is 1.99. The van der Waals surface area contributed by atoms with Gasteiger partial charge in [0, 0.05) is 19.6 Å². The van der Waals surface area contributed by atoms with Crippen LogP contribution in [0.1, 0.15) is 19.8 Å². The number of carbonyl (C=O) groups is 1. The molecule has 1 rings (SSSR count). The Kier molecular flexibility index (Phi) is 2.54. The minimum atomic E-state index is 0.0972. The van der Waals surface area contributed by atoms with Crippen LogP contribution in [0.15, 0.2) is 0 Å². The molecule has 1 saturated heterocycles. The summed E-state index contributed by atoms with van der Waals surface area (Å²) < 4.78 is 0. The average molecular weight is 142 g/mol. The fourth-order valence-corrected chi connectivity index (χ4v) is 1.14. The molecule has 0 saturated carbocycles. The average Bonchev–Trinajstić information content (AvgIpc) is 2.13. The molecule has 0 aromatic heterocycles. The summed E-state index contributed by atoms with van der Waals surface area (Å²) in [7, 11) is 0. The van der Waals surface area contributed by atoms with Crippen LogP contribution in [-0.4, -0.2) is 30.6 Å². The summed E-state index contributed by atoms with van der Waals surface area (Å²) in [6.07, 6.45) is 2.24. The maximum absolute atomic E-state index is 11.1. The van der Waals surface area contributed by atoms with Crippen LogP contribution in [0.4, 0.5) is 4.79 Å². The van der Waals surface area contributed by atoms with Crippen molar-refractivity contribution in [2.24, 2.45) is 0 Å². The van der Waals surface area contributed by atoms with E-state index in [1.807, 2.05) is 11.8 Å². The van der Waals surface area contributed by atoms with Crippen molar-refractivity contribution in [2.45, 2.75) is 19.8 Å². The van der Waals surface area contributed by atoms with Crippen molar-refractivity contribution < 1.29 is 4.79 Å². The topological polar surface area (TPSA) is 32.3 Å². The Balaban J connectivity index is 2.43. The summed E-state index contributed by atoms with van der Waals surface area (Å²) in [6.45, 7) is 4.59. The molecule has 58 valence electrons. The van der Waals surface area contributed by atoms with Crippen molar-refractivity contribution in [1.82, 2.24) is 10.2 Å². The van der Waals surface area contributed by atoms with E-state index >= 15 is 0 Å². The van der Waals surface area contributed by atoms with E-state index in [2.05, 4.69) is 5.32 Å². The van der Waals surface area contributed by atoms with Gasteiger partial charge in [-0.1, -0.05) is 0 Å². The van der Waals surface area contributed by atoms with Gasteiger partial charge in [0.25, 0.3) is 0 Å². The van der Waals surface area contributed by atoms with Gasteiger partial charge in [0.05, 0.1) is 0 Å². The third kappa shape index (κ3) is 1.62. The molecule has 10 heavy (non-hydrogen) atoms. The number of amides is 2. The van der Waals surface area contributed by atoms with Crippen LogP contribution < -0.4 is 5.32 Å². The van der Waals surface area contributed by atoms with Crippen molar-refractivity contribution in [3.05, 3.63) is 0 Å². The van der Waals surface area contributed by atoms with Crippen LogP contribution in [-0.2, 0) is 0 Å². The highest BCUT2D eigenvalue weighted by Gasteiger charge is 2.12. The summed E-state index contributed by atoms with van der Waals surface area (Å²) in [5.41, 5.74) is 0. The lowest BCUT2D eigenvalue weighted by atomic mass is 10.3. The molecular formula is C7H14N2O. The van der Waals surface area contributed by atoms with Gasteiger partial charge in [0.2, 0.25) is 0 Å². The summed E-state index contributed by atoms with van der Waals surface area (Å²) in [5, 5.41) is 2.83. The monoisotopic (exact) mass is 142 g/mol. The molecule has 0 aromatic carbocycles. The van der Waals surface area contributed by atoms with E-state index in [9.17, 15) is 4.79 Å². The largest absolute Gasteiger partial charge is 0.338 e. The van der Waals surface area contributed by atoms with Crippen molar-refractivity contribution in [3.63, 3.8) is 0 Å². The Hall–Kier alpha value is -0.730. The SMILES string of the molecule is CCN1CCCCNC1=O. The zero-order valence-corrected chi connectivity index (χ0v) is 6.39. The second-order valence-electron chi connectivity index (χ2n) is 2.52. The van der Waals surface area contributed by atoms with E-state index in [4.69, 9.17) is 0 Å². The number of nitrogens with zero attached hydrogens (tertiary/aromatic N) is 1. The predicted octanol–water partition coefficient (Wildman–Crippen LogP) is 0.812. The molecule has 3 nitrogen and oxygen atoms in total. The quantitative estimate of drug-likeness (QED) is 0.577. The Morgan fingerprint density at radius 2 is 2.40 bits per heavy atom. The van der Waals surface area contributed by atoms with Crippen LogP contribution in [0, 0.1) is 0 Å². The van der Waals surface area contributed by atoms with Crippen LogP contribution in [0.25, 0.3) is 0 Å². The lowest BCUT2D eigenvalue weighted by Gasteiger charge is -2.16. The van der Waals surface area contributed by atoms with Gasteiger partial charge < -0.3 is 10.2 Å². The normalized spacial score (nSPS) is 20.1. The molecule has 0 atom stereocenters. The molecule has 3 heteroatoms. The summed E-state index contributed by atoms with van der Waals surface area (Å²) in [6, 6.07) is 0.0972. The van der Waals surface area contributed by atoms with Gasteiger partial charge in [-0.3, -0.25) is 0 Å². The molecule has 0 aromatic rings. The maximum atomic E-state index is 11.1. The fraction of sp³-hybridized carbons (Fsp3) is 0.857. The van der Waals surface area contributed by atoms with Crippen LogP contribution in [0.2, 0.25) is 0 Å². The standard InChI is InChI=1S/C7H14N2O/c1-2-9-6-4-3-5-8-7(9)10/h2-6H2,1H3,(H,8,10). The van der Waals surface area contributed by atoms with E-state index in [0.29, 0.717) is 0 Å². The summed E-state index contributed by atoms with van der Waals surface area (Å²) >= 11 is 0. The first kappa shape index (κ1) is 7.38.